The first-order valence-electron chi connectivity index (χ1n) is 9.46. The Morgan fingerprint density at radius 1 is 0.583 bits per heavy atom. The van der Waals surface area contributed by atoms with Crippen molar-refractivity contribution >= 4 is 114 Å². The van der Waals surface area contributed by atoms with Gasteiger partial charge in [-0.25, -0.2) is 0 Å². The second-order valence-electron chi connectivity index (χ2n) is 6.61. The first-order valence-corrected chi connectivity index (χ1v) is 14.2. The van der Waals surface area contributed by atoms with Crippen molar-refractivity contribution in [1.82, 2.24) is 0 Å². The van der Waals surface area contributed by atoms with Crippen LogP contribution in [0, 0.1) is 0 Å². The average Bonchev–Trinajstić information content (AvgIpc) is 2.79. The molecule has 0 saturated heterocycles. The molecule has 0 aliphatic carbocycles. The van der Waals surface area contributed by atoms with Crippen molar-refractivity contribution in [3.05, 3.63) is 79.9 Å². The molecule has 0 atom stereocenters. The molecule has 0 N–H and O–H groups in total. The molecule has 0 amide bonds. The van der Waals surface area contributed by atoms with Crippen molar-refractivity contribution in [2.75, 3.05) is 13.1 Å². The van der Waals surface area contributed by atoms with Crippen molar-refractivity contribution < 1.29 is 37.2 Å². The largest absolute Gasteiger partial charge is 3.00 e. The number of rotatable bonds is 6. The van der Waals surface area contributed by atoms with Crippen LogP contribution >= 0.6 is 95.6 Å². The van der Waals surface area contributed by atoms with Crippen LogP contribution in [0.1, 0.15) is 21.5 Å². The van der Waals surface area contributed by atoms with E-state index in [2.05, 4.69) is 106 Å². The van der Waals surface area contributed by atoms with E-state index in [0.717, 1.165) is 8.95 Å². The summed E-state index contributed by atoms with van der Waals surface area (Å²) in [5, 5.41) is 34.8. The summed E-state index contributed by atoms with van der Waals surface area (Å²) in [5.74, 6) is -0.496. The summed E-state index contributed by atoms with van der Waals surface area (Å²) in [6.45, 7) is 0.840. The van der Waals surface area contributed by atoms with Gasteiger partial charge in [0.05, 0.1) is 13.1 Å². The molecule has 0 unspecified atom stereocenters. The third-order valence-electron chi connectivity index (χ3n) is 4.06. The summed E-state index contributed by atoms with van der Waals surface area (Å²) < 4.78 is 3.69. The van der Waals surface area contributed by atoms with Crippen LogP contribution in [-0.2, 0) is 17.1 Å². The number of hydrogen-bond donors (Lipinski definition) is 0. The summed E-state index contributed by atoms with van der Waals surface area (Å²) in [7, 11) is 0. The number of halogens is 6. The van der Waals surface area contributed by atoms with E-state index in [4.69, 9.17) is 0 Å². The van der Waals surface area contributed by atoms with Crippen molar-refractivity contribution in [3.63, 3.8) is 0 Å². The zero-order valence-corrected chi connectivity index (χ0v) is 28.5. The number of carbonyl (C=O) groups is 1. The second-order valence-corrected chi connectivity index (χ2v) is 11.9. The Bertz CT molecular complexity index is 1220. The molecule has 0 bridgehead atoms. The van der Waals surface area contributed by atoms with Crippen molar-refractivity contribution in [2.24, 2.45) is 9.98 Å². The average molecular weight is 916 g/mol. The van der Waals surface area contributed by atoms with Gasteiger partial charge in [-0.05, 0) is 47.5 Å². The molecule has 3 aromatic rings. The van der Waals surface area contributed by atoms with Crippen molar-refractivity contribution in [1.29, 1.82) is 0 Å². The SMILES string of the molecule is O=Cc1cc(Br)cc(Br)c1[O-].[Mn+3].[O-]c1c(Br)cc(Br)cc1C=NCCN=Cc1cc(Br)cc(Br)c1[O-]. The van der Waals surface area contributed by atoms with E-state index < -0.39 is 0 Å². The fourth-order valence-electron chi connectivity index (χ4n) is 2.46. The third-order valence-corrected chi connectivity index (χ3v) is 7.20. The second kappa shape index (κ2) is 16.4. The quantitative estimate of drug-likeness (QED) is 0.122. The maximum Gasteiger partial charge on any atom is 3.00 e. The molecule has 0 aliphatic heterocycles. The summed E-state index contributed by atoms with van der Waals surface area (Å²) in [6.07, 6.45) is 3.60. The number of nitrogens with zero attached hydrogens (tertiary/aromatic N) is 2. The fourth-order valence-corrected chi connectivity index (χ4v) is 6.24. The maximum absolute atomic E-state index is 11.9. The third kappa shape index (κ3) is 10.3. The Morgan fingerprint density at radius 3 is 1.22 bits per heavy atom. The molecule has 0 fully saturated rings. The monoisotopic (exact) mass is 910 g/mol. The molecule has 0 aromatic heterocycles. The van der Waals surface area contributed by atoms with E-state index in [9.17, 15) is 20.1 Å². The molecule has 6 nitrogen and oxygen atoms in total. The van der Waals surface area contributed by atoms with Gasteiger partial charge in [0.25, 0.3) is 0 Å². The van der Waals surface area contributed by atoms with Gasteiger partial charge in [0.1, 0.15) is 6.29 Å². The Morgan fingerprint density at radius 2 is 0.889 bits per heavy atom. The molecule has 36 heavy (non-hydrogen) atoms. The van der Waals surface area contributed by atoms with Crippen molar-refractivity contribution in [3.8, 4) is 17.2 Å². The zero-order chi connectivity index (χ0) is 26.1. The van der Waals surface area contributed by atoms with Gasteiger partial charge in [0.2, 0.25) is 0 Å². The van der Waals surface area contributed by atoms with Gasteiger partial charge in [0, 0.05) is 44.8 Å². The van der Waals surface area contributed by atoms with E-state index in [-0.39, 0.29) is 39.9 Å². The van der Waals surface area contributed by atoms with Gasteiger partial charge in [0.15, 0.2) is 0 Å². The number of hydrogen-bond acceptors (Lipinski definition) is 6. The summed E-state index contributed by atoms with van der Waals surface area (Å²) in [4.78, 5) is 18.7. The van der Waals surface area contributed by atoms with Gasteiger partial charge >= 0.3 is 17.1 Å². The van der Waals surface area contributed by atoms with Crippen LogP contribution < -0.4 is 15.3 Å². The molecular formula is C23H13Br6MnN2O4. The minimum atomic E-state index is -0.275. The number of aldehydes is 1. The molecular weight excluding hydrogens is 903 g/mol. The smallest absolute Gasteiger partial charge is 0.871 e. The van der Waals surface area contributed by atoms with E-state index in [1.165, 1.54) is 18.5 Å². The van der Waals surface area contributed by atoms with Gasteiger partial charge in [-0.3, -0.25) is 14.8 Å². The molecule has 3 aromatic carbocycles. The Labute approximate surface area is 269 Å². The van der Waals surface area contributed by atoms with Gasteiger partial charge in [-0.1, -0.05) is 113 Å². The molecule has 0 heterocycles. The summed E-state index contributed by atoms with van der Waals surface area (Å²) >= 11 is 19.3. The van der Waals surface area contributed by atoms with Gasteiger partial charge in [-0.15, -0.1) is 0 Å². The minimum Gasteiger partial charge on any atom is -0.871 e. The predicted octanol–water partition coefficient (Wildman–Crippen LogP) is 6.52. The van der Waals surface area contributed by atoms with Crippen LogP contribution in [0.3, 0.4) is 0 Å². The number of benzene rings is 3. The van der Waals surface area contributed by atoms with Crippen LogP contribution in [0.25, 0.3) is 0 Å². The first-order chi connectivity index (χ1) is 16.5. The molecule has 13 heteroatoms. The molecule has 188 valence electrons. The topological polar surface area (TPSA) is 111 Å². The van der Waals surface area contributed by atoms with Crippen LogP contribution in [0.2, 0.25) is 0 Å². The maximum atomic E-state index is 11.9. The van der Waals surface area contributed by atoms with Crippen LogP contribution in [0.15, 0.2) is 73.2 Å². The molecule has 0 aliphatic rings. The molecule has 3 rings (SSSR count). The Kier molecular flexibility index (Phi) is 15.3. The summed E-state index contributed by atoms with van der Waals surface area (Å²) in [6, 6.07) is 9.90. The van der Waals surface area contributed by atoms with E-state index >= 15 is 0 Å². The van der Waals surface area contributed by atoms with E-state index in [0.29, 0.717) is 48.4 Å². The Hall–Kier alpha value is -0.531. The van der Waals surface area contributed by atoms with Crippen LogP contribution in [0.4, 0.5) is 0 Å². The normalized spacial score (nSPS) is 10.7. The van der Waals surface area contributed by atoms with Crippen molar-refractivity contribution in [2.45, 2.75) is 0 Å². The van der Waals surface area contributed by atoms with Crippen LogP contribution in [0.5, 0.6) is 17.2 Å². The minimum absolute atomic E-state index is 0. The van der Waals surface area contributed by atoms with Gasteiger partial charge < -0.3 is 15.3 Å². The van der Waals surface area contributed by atoms with Gasteiger partial charge in [-0.2, -0.15) is 0 Å². The first kappa shape index (κ1) is 33.5. The molecule has 0 saturated carbocycles. The number of carbonyl (C=O) groups excluding carboxylic acids is 1. The zero-order valence-electron chi connectivity index (χ0n) is 17.8. The fraction of sp³-hybridized carbons (Fsp3) is 0.0870. The molecule has 0 radical (unpaired) electrons. The Balaban J connectivity index is 0.000000454. The summed E-state index contributed by atoms with van der Waals surface area (Å²) in [5.41, 5.74) is 1.15. The number of aliphatic imine (C=N–C) groups is 2. The standard InChI is InChI=1S/C16H12Br4N2O2.C7H4Br2O2.Mn/c17-11-3-9(15(23)13(19)5-11)7-21-1-2-22-8-10-4-12(18)6-14(20)16(10)24;8-5-1-4(3-10)7(11)6(9)2-5;/h3-8,23-24H,1-2H2;1-3,11H;/q;;+3/p-3. The van der Waals surface area contributed by atoms with Crippen LogP contribution in [-0.4, -0.2) is 31.8 Å². The predicted molar refractivity (Wildman–Crippen MR) is 154 cm³/mol. The molecule has 0 spiro atoms. The van der Waals surface area contributed by atoms with E-state index in [1.54, 1.807) is 30.3 Å². The van der Waals surface area contributed by atoms with E-state index in [1.807, 2.05) is 0 Å².